The number of amides is 1. The number of rotatable bonds is 5. The first kappa shape index (κ1) is 15.4. The van der Waals surface area contributed by atoms with Crippen molar-refractivity contribution in [3.05, 3.63) is 64.9 Å². The normalized spacial score (nSPS) is 10.8. The molecule has 5 heteroatoms. The quantitative estimate of drug-likeness (QED) is 0.691. The van der Waals surface area contributed by atoms with E-state index >= 15 is 0 Å². The molecule has 1 amide bonds. The van der Waals surface area contributed by atoms with E-state index in [1.54, 1.807) is 36.4 Å². The molecule has 3 aromatic rings. The number of fused-ring (bicyclic) bond motifs is 1. The van der Waals surface area contributed by atoms with Crippen LogP contribution in [0.1, 0.15) is 22.5 Å². The average Bonchev–Trinajstić information content (AvgIpc) is 2.96. The number of phenols is 1. The fourth-order valence-electron chi connectivity index (χ4n) is 2.37. The van der Waals surface area contributed by atoms with Crippen molar-refractivity contribution in [2.24, 2.45) is 0 Å². The molecule has 0 saturated heterocycles. The third kappa shape index (κ3) is 3.85. The number of carbonyl (C=O) groups excluding carboxylic acids is 1. The van der Waals surface area contributed by atoms with Crippen molar-refractivity contribution >= 4 is 28.5 Å². The van der Waals surface area contributed by atoms with Crippen LogP contribution in [0.15, 0.2) is 52.9 Å². The van der Waals surface area contributed by atoms with Crippen LogP contribution in [0.4, 0.5) is 0 Å². The van der Waals surface area contributed by atoms with Gasteiger partial charge in [0.05, 0.1) is 0 Å². The van der Waals surface area contributed by atoms with E-state index in [1.165, 1.54) is 0 Å². The number of hydrogen-bond acceptors (Lipinski definition) is 3. The number of benzene rings is 2. The van der Waals surface area contributed by atoms with Gasteiger partial charge in [0.15, 0.2) is 5.76 Å². The van der Waals surface area contributed by atoms with Crippen LogP contribution in [0.5, 0.6) is 5.75 Å². The summed E-state index contributed by atoms with van der Waals surface area (Å²) in [5.74, 6) is 0.307. The lowest BCUT2D eigenvalue weighted by Gasteiger charge is -2.03. The van der Waals surface area contributed by atoms with Gasteiger partial charge in [0.25, 0.3) is 5.91 Å². The maximum Gasteiger partial charge on any atom is 0.287 e. The molecule has 4 nitrogen and oxygen atoms in total. The number of halogens is 1. The summed E-state index contributed by atoms with van der Waals surface area (Å²) in [7, 11) is 0. The molecule has 2 N–H and O–H groups in total. The fourth-order valence-corrected chi connectivity index (χ4v) is 2.55. The highest BCUT2D eigenvalue weighted by Crippen LogP contribution is 2.23. The van der Waals surface area contributed by atoms with Crippen LogP contribution in [0.25, 0.3) is 11.0 Å². The summed E-state index contributed by atoms with van der Waals surface area (Å²) >= 11 is 5.92. The largest absolute Gasteiger partial charge is 0.508 e. The monoisotopic (exact) mass is 329 g/mol. The summed E-state index contributed by atoms with van der Waals surface area (Å²) in [6.45, 7) is 0.553. The molecule has 1 heterocycles. The minimum absolute atomic E-state index is 0.233. The Morgan fingerprint density at radius 3 is 2.70 bits per heavy atom. The zero-order valence-electron chi connectivity index (χ0n) is 12.4. The molecule has 0 fully saturated rings. The van der Waals surface area contributed by atoms with Crippen LogP contribution in [-0.2, 0) is 6.42 Å². The summed E-state index contributed by atoms with van der Waals surface area (Å²) in [6.07, 6.45) is 1.64. The number of nitrogens with one attached hydrogen (secondary N) is 1. The van der Waals surface area contributed by atoms with Crippen LogP contribution in [0.3, 0.4) is 0 Å². The lowest BCUT2D eigenvalue weighted by molar-refractivity contribution is 0.0927. The molecule has 0 atom stereocenters. The third-order valence-electron chi connectivity index (χ3n) is 3.57. The van der Waals surface area contributed by atoms with Crippen LogP contribution in [0.2, 0.25) is 5.02 Å². The Labute approximate surface area is 138 Å². The van der Waals surface area contributed by atoms with Crippen LogP contribution < -0.4 is 5.32 Å². The standard InChI is InChI=1S/C18H16ClNO3/c19-14-5-8-16-13(10-14)11-17(23-16)18(22)20-9-1-2-12-3-6-15(21)7-4-12/h3-8,10-11,21H,1-2,9H2,(H,20,22). The highest BCUT2D eigenvalue weighted by atomic mass is 35.5. The van der Waals surface area contributed by atoms with Gasteiger partial charge in [-0.15, -0.1) is 0 Å². The first-order valence-electron chi connectivity index (χ1n) is 7.37. The van der Waals surface area contributed by atoms with Gasteiger partial charge in [0.1, 0.15) is 11.3 Å². The molecule has 23 heavy (non-hydrogen) atoms. The van der Waals surface area contributed by atoms with Gasteiger partial charge < -0.3 is 14.8 Å². The smallest absolute Gasteiger partial charge is 0.287 e. The van der Waals surface area contributed by atoms with Gasteiger partial charge in [-0.2, -0.15) is 0 Å². The van der Waals surface area contributed by atoms with Gasteiger partial charge in [-0.25, -0.2) is 0 Å². The van der Waals surface area contributed by atoms with Crippen LogP contribution >= 0.6 is 11.6 Å². The molecule has 0 aliphatic heterocycles. The van der Waals surface area contributed by atoms with Gasteiger partial charge in [0, 0.05) is 17.0 Å². The number of aryl methyl sites for hydroxylation is 1. The van der Waals surface area contributed by atoms with E-state index in [4.69, 9.17) is 16.0 Å². The van der Waals surface area contributed by atoms with E-state index in [0.717, 1.165) is 23.8 Å². The maximum atomic E-state index is 12.1. The highest BCUT2D eigenvalue weighted by Gasteiger charge is 2.11. The van der Waals surface area contributed by atoms with Crippen molar-refractivity contribution in [1.29, 1.82) is 0 Å². The molecular formula is C18H16ClNO3. The fraction of sp³-hybridized carbons (Fsp3) is 0.167. The van der Waals surface area contributed by atoms with Crippen molar-refractivity contribution in [1.82, 2.24) is 5.32 Å². The molecule has 0 aliphatic rings. The van der Waals surface area contributed by atoms with E-state index in [1.807, 2.05) is 12.1 Å². The Kier molecular flexibility index (Phi) is 4.53. The van der Waals surface area contributed by atoms with E-state index in [0.29, 0.717) is 17.2 Å². The van der Waals surface area contributed by atoms with Crippen molar-refractivity contribution < 1.29 is 14.3 Å². The van der Waals surface area contributed by atoms with Crippen molar-refractivity contribution in [3.8, 4) is 5.75 Å². The number of aromatic hydroxyl groups is 1. The molecule has 0 radical (unpaired) electrons. The number of phenolic OH excluding ortho intramolecular Hbond substituents is 1. The molecule has 3 rings (SSSR count). The Morgan fingerprint density at radius 1 is 1.13 bits per heavy atom. The van der Waals surface area contributed by atoms with Gasteiger partial charge in [0.2, 0.25) is 0 Å². The minimum Gasteiger partial charge on any atom is -0.508 e. The highest BCUT2D eigenvalue weighted by molar-refractivity contribution is 6.31. The van der Waals surface area contributed by atoms with E-state index in [-0.39, 0.29) is 17.4 Å². The molecule has 0 unspecified atom stereocenters. The maximum absolute atomic E-state index is 12.1. The molecule has 0 saturated carbocycles. The Morgan fingerprint density at radius 2 is 1.91 bits per heavy atom. The predicted octanol–water partition coefficient (Wildman–Crippen LogP) is 4.15. The summed E-state index contributed by atoms with van der Waals surface area (Å²) in [5, 5.41) is 13.5. The number of furan rings is 1. The summed E-state index contributed by atoms with van der Waals surface area (Å²) in [4.78, 5) is 12.1. The number of carbonyl (C=O) groups is 1. The molecule has 0 aliphatic carbocycles. The van der Waals surface area contributed by atoms with Gasteiger partial charge in [-0.3, -0.25) is 4.79 Å². The average molecular weight is 330 g/mol. The zero-order chi connectivity index (χ0) is 16.2. The van der Waals surface area contributed by atoms with E-state index in [9.17, 15) is 9.90 Å². The Balaban J connectivity index is 1.53. The second-order valence-electron chi connectivity index (χ2n) is 5.32. The molecular weight excluding hydrogens is 314 g/mol. The first-order valence-corrected chi connectivity index (χ1v) is 7.75. The topological polar surface area (TPSA) is 62.5 Å². The minimum atomic E-state index is -0.233. The second-order valence-corrected chi connectivity index (χ2v) is 5.76. The SMILES string of the molecule is O=C(NCCCc1ccc(O)cc1)c1cc2cc(Cl)ccc2o1. The predicted molar refractivity (Wildman–Crippen MR) is 90.0 cm³/mol. The lowest BCUT2D eigenvalue weighted by atomic mass is 10.1. The van der Waals surface area contributed by atoms with Gasteiger partial charge >= 0.3 is 0 Å². The van der Waals surface area contributed by atoms with Gasteiger partial charge in [-0.05, 0) is 54.8 Å². The van der Waals surface area contributed by atoms with E-state index < -0.39 is 0 Å². The van der Waals surface area contributed by atoms with Crippen LogP contribution in [-0.4, -0.2) is 17.6 Å². The van der Waals surface area contributed by atoms with Crippen molar-refractivity contribution in [2.45, 2.75) is 12.8 Å². The lowest BCUT2D eigenvalue weighted by Crippen LogP contribution is -2.24. The molecule has 0 spiro atoms. The van der Waals surface area contributed by atoms with E-state index in [2.05, 4.69) is 5.32 Å². The van der Waals surface area contributed by atoms with Crippen molar-refractivity contribution in [2.75, 3.05) is 6.54 Å². The number of hydrogen-bond donors (Lipinski definition) is 2. The third-order valence-corrected chi connectivity index (χ3v) is 3.80. The zero-order valence-corrected chi connectivity index (χ0v) is 13.1. The Bertz CT molecular complexity index is 824. The Hall–Kier alpha value is -2.46. The summed E-state index contributed by atoms with van der Waals surface area (Å²) < 4.78 is 5.51. The van der Waals surface area contributed by atoms with Gasteiger partial charge in [-0.1, -0.05) is 23.7 Å². The molecule has 118 valence electrons. The molecule has 0 bridgehead atoms. The first-order chi connectivity index (χ1) is 11.1. The summed E-state index contributed by atoms with van der Waals surface area (Å²) in [6, 6.07) is 14.0. The van der Waals surface area contributed by atoms with Crippen molar-refractivity contribution in [3.63, 3.8) is 0 Å². The summed E-state index contributed by atoms with van der Waals surface area (Å²) in [5.41, 5.74) is 1.76. The molecule has 2 aromatic carbocycles. The molecule has 1 aromatic heterocycles. The van der Waals surface area contributed by atoms with Crippen LogP contribution in [0, 0.1) is 0 Å². The second kappa shape index (κ2) is 6.75.